The summed E-state index contributed by atoms with van der Waals surface area (Å²) in [7, 11) is 0. The number of allylic oxidation sites excluding steroid dienone is 2. The number of alkyl halides is 3. The Balaban J connectivity index is 3.81. The van der Waals surface area contributed by atoms with Crippen LogP contribution in [0.3, 0.4) is 0 Å². The predicted molar refractivity (Wildman–Crippen MR) is 55.5 cm³/mol. The van der Waals surface area contributed by atoms with E-state index in [0.717, 1.165) is 19.3 Å². The van der Waals surface area contributed by atoms with E-state index in [-0.39, 0.29) is 3.58 Å². The number of rotatable bonds is 4. The van der Waals surface area contributed by atoms with Gasteiger partial charge in [0.05, 0.1) is 3.58 Å². The molecule has 0 amide bonds. The van der Waals surface area contributed by atoms with Gasteiger partial charge in [-0.25, -0.2) is 0 Å². The zero-order chi connectivity index (χ0) is 8.91. The van der Waals surface area contributed by atoms with Gasteiger partial charge in [0.15, 0.2) is 0 Å². The minimum atomic E-state index is -2.83. The fourth-order valence-corrected chi connectivity index (χ4v) is 1.02. The minimum absolute atomic E-state index is 0.0727. The molecule has 0 aromatic heterocycles. The van der Waals surface area contributed by atoms with E-state index in [1.807, 2.05) is 6.92 Å². The summed E-state index contributed by atoms with van der Waals surface area (Å²) in [6.07, 6.45) is 4.30. The van der Waals surface area contributed by atoms with E-state index in [1.165, 1.54) is 0 Å². The summed E-state index contributed by atoms with van der Waals surface area (Å²) in [5.74, 6) is 0. The average Bonchev–Trinajstić information content (AvgIpc) is 1.86. The SMILES string of the molecule is CCCCC=C(I)C(F)(F)Br. The smallest absolute Gasteiger partial charge is 0.188 e. The Morgan fingerprint density at radius 3 is 2.55 bits per heavy atom. The van der Waals surface area contributed by atoms with E-state index in [9.17, 15) is 8.78 Å². The Hall–Kier alpha value is 0.810. The molecule has 0 bridgehead atoms. The second-order valence-corrected chi connectivity index (χ2v) is 4.35. The van der Waals surface area contributed by atoms with Crippen molar-refractivity contribution in [1.29, 1.82) is 0 Å². The molecule has 0 nitrogen and oxygen atoms in total. The van der Waals surface area contributed by atoms with Gasteiger partial charge in [0, 0.05) is 0 Å². The monoisotopic (exact) mass is 338 g/mol. The molecule has 0 unspecified atom stereocenters. The number of hydrogen-bond donors (Lipinski definition) is 0. The van der Waals surface area contributed by atoms with Crippen molar-refractivity contribution >= 4 is 38.5 Å². The Labute approximate surface area is 87.7 Å². The van der Waals surface area contributed by atoms with Gasteiger partial charge in [0.2, 0.25) is 0 Å². The maximum absolute atomic E-state index is 12.4. The third-order valence-corrected chi connectivity index (χ3v) is 3.44. The molecule has 0 aliphatic heterocycles. The molecule has 11 heavy (non-hydrogen) atoms. The summed E-state index contributed by atoms with van der Waals surface area (Å²) < 4.78 is 24.8. The van der Waals surface area contributed by atoms with Crippen molar-refractivity contribution in [1.82, 2.24) is 0 Å². The van der Waals surface area contributed by atoms with Crippen molar-refractivity contribution in [3.8, 4) is 0 Å². The summed E-state index contributed by atoms with van der Waals surface area (Å²) in [5.41, 5.74) is 0. The van der Waals surface area contributed by atoms with Crippen molar-refractivity contribution in [3.05, 3.63) is 9.66 Å². The molecule has 0 rings (SSSR count). The van der Waals surface area contributed by atoms with Gasteiger partial charge in [0.1, 0.15) is 0 Å². The van der Waals surface area contributed by atoms with E-state index in [1.54, 1.807) is 28.7 Å². The maximum atomic E-state index is 12.4. The molecule has 0 N–H and O–H groups in total. The number of halogens is 4. The molecule has 0 fully saturated rings. The van der Waals surface area contributed by atoms with Crippen LogP contribution in [0.1, 0.15) is 26.2 Å². The van der Waals surface area contributed by atoms with Crippen LogP contribution in [-0.4, -0.2) is 4.83 Å². The lowest BCUT2D eigenvalue weighted by Gasteiger charge is -2.05. The van der Waals surface area contributed by atoms with Gasteiger partial charge in [-0.05, 0) is 44.9 Å². The van der Waals surface area contributed by atoms with Gasteiger partial charge in [-0.3, -0.25) is 0 Å². The number of unbranched alkanes of at least 4 members (excludes halogenated alkanes) is 2. The third kappa shape index (κ3) is 6.02. The van der Waals surface area contributed by atoms with Crippen LogP contribution in [0.4, 0.5) is 8.78 Å². The standard InChI is InChI=1S/C7H10BrF2I/c1-2-3-4-5-6(11)7(8,9)10/h5H,2-4H2,1H3. The molecule has 66 valence electrons. The molecule has 0 radical (unpaired) electrons. The van der Waals surface area contributed by atoms with Crippen molar-refractivity contribution in [3.63, 3.8) is 0 Å². The highest BCUT2D eigenvalue weighted by Gasteiger charge is 2.27. The van der Waals surface area contributed by atoms with E-state index in [0.29, 0.717) is 0 Å². The quantitative estimate of drug-likeness (QED) is 0.402. The molecule has 0 aliphatic rings. The predicted octanol–water partition coefficient (Wildman–Crippen LogP) is 4.48. The van der Waals surface area contributed by atoms with Gasteiger partial charge in [0.25, 0.3) is 0 Å². The summed E-state index contributed by atoms with van der Waals surface area (Å²) >= 11 is 3.94. The lowest BCUT2D eigenvalue weighted by molar-refractivity contribution is 0.169. The first kappa shape index (κ1) is 11.8. The highest BCUT2D eigenvalue weighted by molar-refractivity contribution is 14.1. The zero-order valence-electron chi connectivity index (χ0n) is 6.21. The largest absolute Gasteiger partial charge is 0.331 e. The Morgan fingerprint density at radius 2 is 2.18 bits per heavy atom. The van der Waals surface area contributed by atoms with Crippen LogP contribution in [0.2, 0.25) is 0 Å². The zero-order valence-corrected chi connectivity index (χ0v) is 9.95. The highest BCUT2D eigenvalue weighted by atomic mass is 127. The first-order valence-corrected chi connectivity index (χ1v) is 5.28. The fraction of sp³-hybridized carbons (Fsp3) is 0.714. The molecule has 0 saturated heterocycles. The summed E-state index contributed by atoms with van der Waals surface area (Å²) in [6.45, 7) is 2.03. The van der Waals surface area contributed by atoms with Gasteiger partial charge in [-0.1, -0.05) is 25.8 Å². The molecule has 0 aromatic rings. The summed E-state index contributed by atoms with van der Waals surface area (Å²) in [5, 5.41) is 0. The lowest BCUT2D eigenvalue weighted by Crippen LogP contribution is -2.03. The second kappa shape index (κ2) is 5.45. The summed E-state index contributed by atoms with van der Waals surface area (Å²) in [6, 6.07) is 0. The van der Waals surface area contributed by atoms with Crippen LogP contribution >= 0.6 is 38.5 Å². The van der Waals surface area contributed by atoms with Crippen LogP contribution in [0.5, 0.6) is 0 Å². The van der Waals surface area contributed by atoms with Crippen molar-refractivity contribution in [2.45, 2.75) is 31.0 Å². The first-order chi connectivity index (χ1) is 4.98. The van der Waals surface area contributed by atoms with Crippen LogP contribution in [0, 0.1) is 0 Å². The first-order valence-electron chi connectivity index (χ1n) is 3.41. The Kier molecular flexibility index (Phi) is 5.86. The fourth-order valence-electron chi connectivity index (χ4n) is 0.549. The highest BCUT2D eigenvalue weighted by Crippen LogP contribution is 2.35. The second-order valence-electron chi connectivity index (χ2n) is 2.19. The summed E-state index contributed by atoms with van der Waals surface area (Å²) in [4.78, 5) is -2.83. The minimum Gasteiger partial charge on any atom is -0.188 e. The average molecular weight is 339 g/mol. The number of hydrogen-bond acceptors (Lipinski definition) is 0. The molecule has 0 saturated carbocycles. The molecule has 0 spiro atoms. The molecule has 0 atom stereocenters. The van der Waals surface area contributed by atoms with Crippen molar-refractivity contribution in [2.75, 3.05) is 0 Å². The molecule has 4 heteroatoms. The van der Waals surface area contributed by atoms with E-state index in [2.05, 4.69) is 15.9 Å². The maximum Gasteiger partial charge on any atom is 0.331 e. The Morgan fingerprint density at radius 1 is 1.64 bits per heavy atom. The van der Waals surface area contributed by atoms with Gasteiger partial charge in [-0.15, -0.1) is 0 Å². The molecule has 0 heterocycles. The molecule has 0 aliphatic carbocycles. The van der Waals surface area contributed by atoms with Crippen molar-refractivity contribution < 1.29 is 8.78 Å². The third-order valence-electron chi connectivity index (χ3n) is 1.15. The molecular weight excluding hydrogens is 329 g/mol. The Bertz CT molecular complexity index is 140. The van der Waals surface area contributed by atoms with Gasteiger partial charge in [-0.2, -0.15) is 8.78 Å². The van der Waals surface area contributed by atoms with E-state index < -0.39 is 4.83 Å². The van der Waals surface area contributed by atoms with Gasteiger partial charge >= 0.3 is 4.83 Å². The topological polar surface area (TPSA) is 0 Å². The van der Waals surface area contributed by atoms with Gasteiger partial charge < -0.3 is 0 Å². The van der Waals surface area contributed by atoms with Crippen LogP contribution in [0.15, 0.2) is 9.66 Å². The molecule has 0 aromatic carbocycles. The normalized spacial score (nSPS) is 13.7. The van der Waals surface area contributed by atoms with Crippen molar-refractivity contribution in [2.24, 2.45) is 0 Å². The van der Waals surface area contributed by atoms with E-state index >= 15 is 0 Å². The van der Waals surface area contributed by atoms with Crippen LogP contribution in [0.25, 0.3) is 0 Å². The van der Waals surface area contributed by atoms with Crippen LogP contribution in [-0.2, 0) is 0 Å². The molecular formula is C7H10BrF2I. The lowest BCUT2D eigenvalue weighted by atomic mass is 10.2. The van der Waals surface area contributed by atoms with E-state index in [4.69, 9.17) is 0 Å². The van der Waals surface area contributed by atoms with Crippen LogP contribution < -0.4 is 0 Å².